The highest BCUT2D eigenvalue weighted by atomic mass is 16.2. The second-order valence-electron chi connectivity index (χ2n) is 12.4. The minimum absolute atomic E-state index is 0.0102. The standard InChI is InChI=1S/C33H63N3O3/c1-7-13-16-25(10-4)22-35-32(38)29-19-28(31(34)37)20-30(21-29)33(39)36(23-26(11-5)17-14-8-2)24-27(12-6)18-15-9-3/h25-30H,7-24H2,1-6H3,(H2,34,37)(H,35,38). The summed E-state index contributed by atoms with van der Waals surface area (Å²) in [6.45, 7) is 15.5. The van der Waals surface area contributed by atoms with Gasteiger partial charge in [-0.3, -0.25) is 14.4 Å². The van der Waals surface area contributed by atoms with E-state index in [1.165, 1.54) is 19.3 Å². The van der Waals surface area contributed by atoms with Crippen LogP contribution in [0, 0.1) is 35.5 Å². The van der Waals surface area contributed by atoms with Crippen LogP contribution >= 0.6 is 0 Å². The molecule has 0 aromatic heterocycles. The van der Waals surface area contributed by atoms with Crippen LogP contribution in [0.3, 0.4) is 0 Å². The topological polar surface area (TPSA) is 92.5 Å². The second kappa shape index (κ2) is 20.3. The number of nitrogens with one attached hydrogen (secondary N) is 1. The minimum Gasteiger partial charge on any atom is -0.369 e. The van der Waals surface area contributed by atoms with Crippen LogP contribution in [0.1, 0.15) is 138 Å². The molecule has 1 rings (SSSR count). The van der Waals surface area contributed by atoms with Crippen molar-refractivity contribution < 1.29 is 14.4 Å². The van der Waals surface area contributed by atoms with Gasteiger partial charge in [-0.1, -0.05) is 99.3 Å². The molecule has 6 nitrogen and oxygen atoms in total. The molecule has 1 fully saturated rings. The van der Waals surface area contributed by atoms with Crippen molar-refractivity contribution in [3.8, 4) is 0 Å². The molecule has 39 heavy (non-hydrogen) atoms. The van der Waals surface area contributed by atoms with Crippen molar-refractivity contribution in [3.05, 3.63) is 0 Å². The number of primary amides is 1. The Morgan fingerprint density at radius 3 is 1.56 bits per heavy atom. The summed E-state index contributed by atoms with van der Waals surface area (Å²) in [6, 6.07) is 0. The average molecular weight is 550 g/mol. The molecule has 6 atom stereocenters. The van der Waals surface area contributed by atoms with Gasteiger partial charge in [0, 0.05) is 37.4 Å². The first-order valence-corrected chi connectivity index (χ1v) is 16.6. The molecule has 3 amide bonds. The zero-order valence-electron chi connectivity index (χ0n) is 26.4. The Balaban J connectivity index is 3.07. The molecule has 0 radical (unpaired) electrons. The lowest BCUT2D eigenvalue weighted by molar-refractivity contribution is -0.141. The molecular formula is C33H63N3O3. The van der Waals surface area contributed by atoms with E-state index in [-0.39, 0.29) is 29.6 Å². The predicted molar refractivity (Wildman–Crippen MR) is 163 cm³/mol. The molecule has 0 saturated heterocycles. The van der Waals surface area contributed by atoms with Crippen LogP contribution in [-0.4, -0.2) is 42.3 Å². The van der Waals surface area contributed by atoms with Crippen LogP contribution < -0.4 is 11.1 Å². The smallest absolute Gasteiger partial charge is 0.225 e. The summed E-state index contributed by atoms with van der Waals surface area (Å²) < 4.78 is 0. The summed E-state index contributed by atoms with van der Waals surface area (Å²) in [5, 5.41) is 3.17. The van der Waals surface area contributed by atoms with Crippen LogP contribution in [0.5, 0.6) is 0 Å². The van der Waals surface area contributed by atoms with Gasteiger partial charge in [-0.25, -0.2) is 0 Å². The van der Waals surface area contributed by atoms with E-state index in [9.17, 15) is 14.4 Å². The van der Waals surface area contributed by atoms with Gasteiger partial charge < -0.3 is 16.0 Å². The Bertz CT molecular complexity index is 680. The molecule has 0 bridgehead atoms. The zero-order chi connectivity index (χ0) is 29.2. The van der Waals surface area contributed by atoms with E-state index in [1.807, 2.05) is 0 Å². The molecule has 1 aliphatic rings. The second-order valence-corrected chi connectivity index (χ2v) is 12.4. The lowest BCUT2D eigenvalue weighted by Crippen LogP contribution is -2.47. The molecule has 3 N–H and O–H groups in total. The molecule has 0 heterocycles. The number of hydrogen-bond donors (Lipinski definition) is 2. The molecule has 0 aromatic rings. The van der Waals surface area contributed by atoms with E-state index < -0.39 is 5.92 Å². The molecule has 228 valence electrons. The van der Waals surface area contributed by atoms with Crippen LogP contribution in [0.25, 0.3) is 0 Å². The Hall–Kier alpha value is -1.59. The number of hydrogen-bond acceptors (Lipinski definition) is 3. The maximum Gasteiger partial charge on any atom is 0.225 e. The largest absolute Gasteiger partial charge is 0.369 e. The van der Waals surface area contributed by atoms with E-state index in [0.717, 1.165) is 70.9 Å². The summed E-state index contributed by atoms with van der Waals surface area (Å²) in [4.78, 5) is 41.9. The van der Waals surface area contributed by atoms with Gasteiger partial charge in [0.25, 0.3) is 0 Å². The average Bonchev–Trinajstić information content (AvgIpc) is 2.95. The van der Waals surface area contributed by atoms with Gasteiger partial charge in [0.1, 0.15) is 0 Å². The minimum atomic E-state index is -0.420. The fourth-order valence-electron chi connectivity index (χ4n) is 6.27. The SMILES string of the molecule is CCCCC(CC)CNC(=O)C1CC(C(N)=O)CC(C(=O)N(CC(CC)CCCC)CC(CC)CCCC)C1. The Morgan fingerprint density at radius 1 is 0.692 bits per heavy atom. The Labute approximate surface area is 241 Å². The first kappa shape index (κ1) is 35.4. The third-order valence-corrected chi connectivity index (χ3v) is 9.29. The Morgan fingerprint density at radius 2 is 1.13 bits per heavy atom. The lowest BCUT2D eigenvalue weighted by atomic mass is 9.73. The van der Waals surface area contributed by atoms with Gasteiger partial charge in [0.2, 0.25) is 17.7 Å². The number of nitrogens with zero attached hydrogens (tertiary/aromatic N) is 1. The number of amides is 3. The third kappa shape index (κ3) is 13.1. The molecule has 0 aliphatic heterocycles. The number of nitrogens with two attached hydrogens (primary N) is 1. The van der Waals surface area contributed by atoms with Crippen LogP contribution in [0.2, 0.25) is 0 Å². The van der Waals surface area contributed by atoms with Crippen molar-refractivity contribution in [2.45, 2.75) is 138 Å². The highest BCUT2D eigenvalue weighted by Crippen LogP contribution is 2.35. The quantitative estimate of drug-likeness (QED) is 0.160. The van der Waals surface area contributed by atoms with Gasteiger partial charge in [-0.05, 0) is 56.3 Å². The van der Waals surface area contributed by atoms with Crippen molar-refractivity contribution in [1.82, 2.24) is 10.2 Å². The summed E-state index contributed by atoms with van der Waals surface area (Å²) in [6.07, 6.45) is 15.0. The van der Waals surface area contributed by atoms with Crippen LogP contribution in [0.15, 0.2) is 0 Å². The van der Waals surface area contributed by atoms with Gasteiger partial charge in [0.05, 0.1) is 0 Å². The number of rotatable bonds is 21. The molecular weight excluding hydrogens is 486 g/mol. The molecule has 1 aliphatic carbocycles. The van der Waals surface area contributed by atoms with Gasteiger partial charge in [0.15, 0.2) is 0 Å². The molecule has 1 saturated carbocycles. The van der Waals surface area contributed by atoms with Gasteiger partial charge in [-0.15, -0.1) is 0 Å². The van der Waals surface area contributed by atoms with E-state index in [2.05, 4.69) is 51.8 Å². The monoisotopic (exact) mass is 549 g/mol. The summed E-state index contributed by atoms with van der Waals surface area (Å²) in [7, 11) is 0. The van der Waals surface area contributed by atoms with Crippen molar-refractivity contribution in [3.63, 3.8) is 0 Å². The van der Waals surface area contributed by atoms with E-state index in [1.54, 1.807) is 0 Å². The molecule has 0 aromatic carbocycles. The summed E-state index contributed by atoms with van der Waals surface area (Å²) in [5.41, 5.74) is 5.79. The summed E-state index contributed by atoms with van der Waals surface area (Å²) >= 11 is 0. The molecule has 6 unspecified atom stereocenters. The highest BCUT2D eigenvalue weighted by Gasteiger charge is 2.40. The third-order valence-electron chi connectivity index (χ3n) is 9.29. The maximum absolute atomic E-state index is 14.2. The zero-order valence-corrected chi connectivity index (χ0v) is 26.4. The van der Waals surface area contributed by atoms with E-state index >= 15 is 0 Å². The predicted octanol–water partition coefficient (Wildman–Crippen LogP) is 7.10. The molecule has 6 heteroatoms. The van der Waals surface area contributed by atoms with Crippen molar-refractivity contribution in [2.75, 3.05) is 19.6 Å². The number of carbonyl (C=O) groups excluding carboxylic acids is 3. The fourth-order valence-corrected chi connectivity index (χ4v) is 6.27. The van der Waals surface area contributed by atoms with E-state index in [4.69, 9.17) is 5.73 Å². The van der Waals surface area contributed by atoms with Crippen molar-refractivity contribution in [2.24, 2.45) is 41.2 Å². The van der Waals surface area contributed by atoms with Crippen LogP contribution in [0.4, 0.5) is 0 Å². The van der Waals surface area contributed by atoms with Gasteiger partial charge in [-0.2, -0.15) is 0 Å². The fraction of sp³-hybridized carbons (Fsp3) is 0.909. The first-order chi connectivity index (χ1) is 18.7. The molecule has 0 spiro atoms. The first-order valence-electron chi connectivity index (χ1n) is 16.6. The lowest BCUT2D eigenvalue weighted by Gasteiger charge is -2.37. The summed E-state index contributed by atoms with van der Waals surface area (Å²) in [5.74, 6) is 0.123. The number of carbonyl (C=O) groups is 3. The number of unbranched alkanes of at least 4 members (excludes halogenated alkanes) is 3. The Kier molecular flexibility index (Phi) is 18.5. The van der Waals surface area contributed by atoms with E-state index in [0.29, 0.717) is 43.6 Å². The highest BCUT2D eigenvalue weighted by molar-refractivity contribution is 5.85. The van der Waals surface area contributed by atoms with Crippen LogP contribution in [-0.2, 0) is 14.4 Å². The normalized spacial score (nSPS) is 21.6. The van der Waals surface area contributed by atoms with Gasteiger partial charge >= 0.3 is 0 Å². The van der Waals surface area contributed by atoms with Crippen molar-refractivity contribution >= 4 is 17.7 Å². The van der Waals surface area contributed by atoms with Crippen molar-refractivity contribution in [1.29, 1.82) is 0 Å². The maximum atomic E-state index is 14.2.